The molecule has 9 nitrogen and oxygen atoms in total. The van der Waals surface area contributed by atoms with Crippen LogP contribution in [0, 0.1) is 18.3 Å². The number of hydrogen-bond acceptors (Lipinski definition) is 7. The normalized spacial score (nSPS) is 12.8. The average molecular weight is 483 g/mol. The molecule has 0 radical (unpaired) electrons. The van der Waals surface area contributed by atoms with E-state index in [1.807, 2.05) is 19.1 Å². The molecule has 182 valence electrons. The van der Waals surface area contributed by atoms with E-state index in [2.05, 4.69) is 32.9 Å². The van der Waals surface area contributed by atoms with Crippen molar-refractivity contribution >= 4 is 22.5 Å². The molecule has 1 saturated carbocycles. The summed E-state index contributed by atoms with van der Waals surface area (Å²) in [6.45, 7) is 2.85. The number of amides is 1. The summed E-state index contributed by atoms with van der Waals surface area (Å²) < 4.78 is 12.8. The third-order valence-electron chi connectivity index (χ3n) is 5.88. The van der Waals surface area contributed by atoms with Gasteiger partial charge in [0.05, 0.1) is 30.6 Å². The summed E-state index contributed by atoms with van der Waals surface area (Å²) in [6, 6.07) is 13.9. The number of nitrogens with one attached hydrogen (secondary N) is 2. The van der Waals surface area contributed by atoms with Crippen LogP contribution in [-0.4, -0.2) is 33.8 Å². The average Bonchev–Trinajstić information content (AvgIpc) is 3.60. The van der Waals surface area contributed by atoms with Gasteiger partial charge in [0.15, 0.2) is 5.75 Å². The number of hydrogen-bond donors (Lipinski definition) is 2. The number of methoxy groups -OCH3 is 1. The number of aryl methyl sites for hydroxylation is 1. The van der Waals surface area contributed by atoms with Gasteiger partial charge in [-0.25, -0.2) is 0 Å². The standard InChI is InChI=1S/C27H26N6O3/c1-17-7-18(13-30-20-3-4-20)9-21(8-17)32-27(34)16-33-15-22(14-31-33)36-25-5-6-29-24-11-26(35-2)19(12-28)10-23(24)25/h5-11,14-15,20,30H,3-4,13,16H2,1-2H3,(H,32,34). The third kappa shape index (κ3) is 5.45. The van der Waals surface area contributed by atoms with Crippen LogP contribution in [0.5, 0.6) is 17.2 Å². The van der Waals surface area contributed by atoms with E-state index < -0.39 is 0 Å². The minimum absolute atomic E-state index is 0.0415. The molecule has 0 unspecified atom stereocenters. The van der Waals surface area contributed by atoms with Crippen LogP contribution in [0.3, 0.4) is 0 Å². The van der Waals surface area contributed by atoms with Crippen LogP contribution < -0.4 is 20.1 Å². The summed E-state index contributed by atoms with van der Waals surface area (Å²) in [4.78, 5) is 17.0. The Morgan fingerprint density at radius 1 is 1.22 bits per heavy atom. The fourth-order valence-electron chi connectivity index (χ4n) is 4.04. The van der Waals surface area contributed by atoms with Gasteiger partial charge in [-0.05, 0) is 55.2 Å². The van der Waals surface area contributed by atoms with Crippen molar-refractivity contribution in [3.8, 4) is 23.3 Å². The molecule has 0 aliphatic heterocycles. The van der Waals surface area contributed by atoms with E-state index in [1.165, 1.54) is 24.6 Å². The first-order chi connectivity index (χ1) is 17.5. The zero-order valence-corrected chi connectivity index (χ0v) is 20.1. The number of aromatic nitrogens is 3. The van der Waals surface area contributed by atoms with Crippen LogP contribution in [0.25, 0.3) is 10.9 Å². The molecule has 5 rings (SSSR count). The summed E-state index contributed by atoms with van der Waals surface area (Å²) in [5.74, 6) is 1.26. The van der Waals surface area contributed by atoms with Crippen LogP contribution in [0.1, 0.15) is 29.5 Å². The molecule has 0 atom stereocenters. The summed E-state index contributed by atoms with van der Waals surface area (Å²) in [5.41, 5.74) is 4.03. The first-order valence-corrected chi connectivity index (χ1v) is 11.7. The number of nitrogens with zero attached hydrogens (tertiary/aromatic N) is 4. The molecule has 0 saturated heterocycles. The summed E-state index contributed by atoms with van der Waals surface area (Å²) in [5, 5.41) is 20.8. The SMILES string of the molecule is COc1cc2nccc(Oc3cnn(CC(=O)Nc4cc(C)cc(CNC5CC5)c4)c3)c2cc1C#N. The maximum absolute atomic E-state index is 12.7. The lowest BCUT2D eigenvalue weighted by atomic mass is 10.1. The molecule has 1 fully saturated rings. The molecule has 2 N–H and O–H groups in total. The predicted molar refractivity (Wildman–Crippen MR) is 135 cm³/mol. The highest BCUT2D eigenvalue weighted by molar-refractivity contribution is 5.91. The lowest BCUT2D eigenvalue weighted by Gasteiger charge is -2.10. The van der Waals surface area contributed by atoms with Crippen LogP contribution in [0.2, 0.25) is 0 Å². The molecule has 9 heteroatoms. The number of fused-ring (bicyclic) bond motifs is 1. The Morgan fingerprint density at radius 3 is 2.86 bits per heavy atom. The summed E-state index contributed by atoms with van der Waals surface area (Å²) in [6.07, 6.45) is 7.29. The number of rotatable bonds is 9. The molecule has 0 bridgehead atoms. The third-order valence-corrected chi connectivity index (χ3v) is 5.88. The first-order valence-electron chi connectivity index (χ1n) is 11.7. The van der Waals surface area contributed by atoms with E-state index in [0.29, 0.717) is 39.8 Å². The summed E-state index contributed by atoms with van der Waals surface area (Å²) in [7, 11) is 1.51. The molecule has 2 aromatic heterocycles. The van der Waals surface area contributed by atoms with Gasteiger partial charge in [0.25, 0.3) is 0 Å². The highest BCUT2D eigenvalue weighted by Gasteiger charge is 2.20. The van der Waals surface area contributed by atoms with Crippen molar-refractivity contribution in [2.75, 3.05) is 12.4 Å². The van der Waals surface area contributed by atoms with E-state index in [0.717, 1.165) is 23.4 Å². The zero-order chi connectivity index (χ0) is 25.1. The van der Waals surface area contributed by atoms with Crippen LogP contribution >= 0.6 is 0 Å². The number of carbonyl (C=O) groups is 1. The minimum Gasteiger partial charge on any atom is -0.495 e. The Morgan fingerprint density at radius 2 is 2.08 bits per heavy atom. The monoisotopic (exact) mass is 482 g/mol. The number of benzene rings is 2. The highest BCUT2D eigenvalue weighted by atomic mass is 16.5. The zero-order valence-electron chi connectivity index (χ0n) is 20.1. The fraction of sp³-hybridized carbons (Fsp3) is 0.259. The lowest BCUT2D eigenvalue weighted by molar-refractivity contribution is -0.116. The molecule has 0 spiro atoms. The number of anilines is 1. The lowest BCUT2D eigenvalue weighted by Crippen LogP contribution is -2.19. The Balaban J connectivity index is 1.25. The molecular formula is C27H26N6O3. The summed E-state index contributed by atoms with van der Waals surface area (Å²) >= 11 is 0. The van der Waals surface area contributed by atoms with Crippen LogP contribution in [0.4, 0.5) is 5.69 Å². The smallest absolute Gasteiger partial charge is 0.246 e. The van der Waals surface area contributed by atoms with Crippen molar-refractivity contribution in [1.29, 1.82) is 5.26 Å². The molecule has 1 amide bonds. The molecule has 4 aromatic rings. The fourth-order valence-corrected chi connectivity index (χ4v) is 4.04. The van der Waals surface area contributed by atoms with E-state index in [4.69, 9.17) is 9.47 Å². The van der Waals surface area contributed by atoms with Crippen molar-refractivity contribution in [2.24, 2.45) is 0 Å². The Kier molecular flexibility index (Phi) is 6.52. The van der Waals surface area contributed by atoms with Crippen molar-refractivity contribution in [2.45, 2.75) is 38.9 Å². The van der Waals surface area contributed by atoms with Crippen LogP contribution in [-0.2, 0) is 17.9 Å². The van der Waals surface area contributed by atoms with Crippen molar-refractivity contribution in [3.05, 3.63) is 71.7 Å². The van der Waals surface area contributed by atoms with E-state index in [-0.39, 0.29) is 12.5 Å². The number of pyridine rings is 1. The number of carbonyl (C=O) groups excluding carboxylic acids is 1. The molecule has 1 aliphatic carbocycles. The minimum atomic E-state index is -0.184. The van der Waals surface area contributed by atoms with Gasteiger partial charge in [-0.1, -0.05) is 6.07 Å². The van der Waals surface area contributed by atoms with Crippen molar-refractivity contribution < 1.29 is 14.3 Å². The van der Waals surface area contributed by atoms with Gasteiger partial charge in [0.1, 0.15) is 24.1 Å². The highest BCUT2D eigenvalue weighted by Crippen LogP contribution is 2.32. The van der Waals surface area contributed by atoms with Gasteiger partial charge in [0.2, 0.25) is 5.91 Å². The van der Waals surface area contributed by atoms with Gasteiger partial charge in [-0.15, -0.1) is 0 Å². The molecule has 36 heavy (non-hydrogen) atoms. The molecule has 1 aliphatic rings. The van der Waals surface area contributed by atoms with Gasteiger partial charge >= 0.3 is 0 Å². The van der Waals surface area contributed by atoms with Gasteiger partial charge in [-0.3, -0.25) is 14.5 Å². The number of ether oxygens (including phenoxy) is 2. The second kappa shape index (κ2) is 10.1. The van der Waals surface area contributed by atoms with Crippen molar-refractivity contribution in [3.63, 3.8) is 0 Å². The van der Waals surface area contributed by atoms with E-state index in [9.17, 15) is 10.1 Å². The maximum Gasteiger partial charge on any atom is 0.246 e. The predicted octanol–water partition coefficient (Wildman–Crippen LogP) is 4.30. The van der Waals surface area contributed by atoms with Gasteiger partial charge in [-0.2, -0.15) is 10.4 Å². The second-order valence-electron chi connectivity index (χ2n) is 8.88. The molecular weight excluding hydrogens is 456 g/mol. The van der Waals surface area contributed by atoms with Gasteiger partial charge in [0, 0.05) is 35.9 Å². The maximum atomic E-state index is 12.7. The van der Waals surface area contributed by atoms with E-state index in [1.54, 1.807) is 36.8 Å². The topological polar surface area (TPSA) is 114 Å². The quantitative estimate of drug-likeness (QED) is 0.365. The van der Waals surface area contributed by atoms with Crippen molar-refractivity contribution in [1.82, 2.24) is 20.1 Å². The Hall–Kier alpha value is -4.42. The first kappa shape index (κ1) is 23.3. The Labute approximate surface area is 208 Å². The largest absolute Gasteiger partial charge is 0.495 e. The Bertz CT molecular complexity index is 1470. The number of nitriles is 1. The molecule has 2 heterocycles. The van der Waals surface area contributed by atoms with E-state index >= 15 is 0 Å². The molecule has 2 aromatic carbocycles. The van der Waals surface area contributed by atoms with Gasteiger partial charge < -0.3 is 20.1 Å². The van der Waals surface area contributed by atoms with Crippen LogP contribution in [0.15, 0.2) is 55.0 Å². The second-order valence-corrected chi connectivity index (χ2v) is 8.88.